The molecule has 0 radical (unpaired) electrons. The lowest BCUT2D eigenvalue weighted by Gasteiger charge is -2.25. The van der Waals surface area contributed by atoms with Gasteiger partial charge in [-0.15, -0.1) is 10.2 Å². The van der Waals surface area contributed by atoms with Gasteiger partial charge in [-0.1, -0.05) is 41.7 Å². The summed E-state index contributed by atoms with van der Waals surface area (Å²) in [6, 6.07) is 10.6. The molecule has 0 saturated heterocycles. The summed E-state index contributed by atoms with van der Waals surface area (Å²) in [4.78, 5) is 0. The second-order valence-corrected chi connectivity index (χ2v) is 5.57. The Bertz CT molecular complexity index is 437. The summed E-state index contributed by atoms with van der Waals surface area (Å²) < 4.78 is 0. The molecule has 0 atom stereocenters. The summed E-state index contributed by atoms with van der Waals surface area (Å²) in [6.45, 7) is 4.38. The van der Waals surface area contributed by atoms with Crippen molar-refractivity contribution in [3.05, 3.63) is 41.4 Å². The molecule has 1 aromatic carbocycles. The molecule has 0 aliphatic heterocycles. The first kappa shape index (κ1) is 12.0. The maximum atomic E-state index is 4.01. The molecule has 0 unspecified atom stereocenters. The van der Waals surface area contributed by atoms with Crippen LogP contribution in [0.25, 0.3) is 0 Å². The standard InChI is InChI=1S/C13H17N3S/c1-13(2,15-12-16-14-10-17-12)9-8-11-6-4-3-5-7-11/h3-7,10H,8-9H2,1-2H3,(H,15,16). The Kier molecular flexibility index (Phi) is 3.74. The van der Waals surface area contributed by atoms with E-state index in [0.717, 1.165) is 18.0 Å². The zero-order valence-electron chi connectivity index (χ0n) is 10.2. The predicted molar refractivity (Wildman–Crippen MR) is 72.4 cm³/mol. The van der Waals surface area contributed by atoms with E-state index in [1.165, 1.54) is 16.9 Å². The molecule has 0 aliphatic carbocycles. The van der Waals surface area contributed by atoms with E-state index >= 15 is 0 Å². The topological polar surface area (TPSA) is 37.8 Å². The lowest BCUT2D eigenvalue weighted by molar-refractivity contribution is 0.517. The normalized spacial score (nSPS) is 11.4. The molecule has 2 rings (SSSR count). The molecule has 0 aliphatic rings. The zero-order chi connectivity index (χ0) is 12.1. The van der Waals surface area contributed by atoms with E-state index in [0.29, 0.717) is 0 Å². The van der Waals surface area contributed by atoms with Gasteiger partial charge >= 0.3 is 0 Å². The van der Waals surface area contributed by atoms with Crippen molar-refractivity contribution < 1.29 is 0 Å². The molecule has 1 heterocycles. The number of aryl methyl sites for hydroxylation is 1. The monoisotopic (exact) mass is 247 g/mol. The van der Waals surface area contributed by atoms with Crippen LogP contribution in [0.5, 0.6) is 0 Å². The summed E-state index contributed by atoms with van der Waals surface area (Å²) in [5, 5.41) is 12.1. The maximum Gasteiger partial charge on any atom is 0.205 e. The lowest BCUT2D eigenvalue weighted by atomic mass is 9.95. The first-order chi connectivity index (χ1) is 8.16. The van der Waals surface area contributed by atoms with E-state index < -0.39 is 0 Å². The largest absolute Gasteiger partial charge is 0.355 e. The van der Waals surface area contributed by atoms with Crippen LogP contribution in [-0.2, 0) is 6.42 Å². The molecule has 0 amide bonds. The zero-order valence-corrected chi connectivity index (χ0v) is 11.0. The van der Waals surface area contributed by atoms with Crippen molar-refractivity contribution in [3.63, 3.8) is 0 Å². The second kappa shape index (κ2) is 5.27. The molecule has 1 N–H and O–H groups in total. The molecule has 0 bridgehead atoms. The van der Waals surface area contributed by atoms with Crippen LogP contribution in [0.1, 0.15) is 25.8 Å². The fourth-order valence-electron chi connectivity index (χ4n) is 1.68. The summed E-state index contributed by atoms with van der Waals surface area (Å²) in [5.74, 6) is 0. The molecule has 1 aromatic heterocycles. The minimum absolute atomic E-state index is 0.0371. The van der Waals surface area contributed by atoms with Crippen molar-refractivity contribution in [3.8, 4) is 0 Å². The second-order valence-electron chi connectivity index (χ2n) is 4.74. The van der Waals surface area contributed by atoms with Gasteiger partial charge in [-0.05, 0) is 32.3 Å². The van der Waals surface area contributed by atoms with E-state index in [1.54, 1.807) is 5.51 Å². The van der Waals surface area contributed by atoms with E-state index in [2.05, 4.69) is 53.6 Å². The number of rotatable bonds is 5. The van der Waals surface area contributed by atoms with Gasteiger partial charge in [0.15, 0.2) is 0 Å². The Morgan fingerprint density at radius 3 is 2.65 bits per heavy atom. The summed E-state index contributed by atoms with van der Waals surface area (Å²) >= 11 is 1.54. The van der Waals surface area contributed by atoms with Gasteiger partial charge in [-0.25, -0.2) is 0 Å². The first-order valence-corrected chi connectivity index (χ1v) is 6.62. The van der Waals surface area contributed by atoms with Gasteiger partial charge in [-0.3, -0.25) is 0 Å². The number of nitrogens with one attached hydrogen (secondary N) is 1. The highest BCUT2D eigenvalue weighted by molar-refractivity contribution is 7.13. The lowest BCUT2D eigenvalue weighted by Crippen LogP contribution is -2.31. The highest BCUT2D eigenvalue weighted by Crippen LogP contribution is 2.20. The molecule has 0 saturated carbocycles. The maximum absolute atomic E-state index is 4.01. The number of nitrogens with zero attached hydrogens (tertiary/aromatic N) is 2. The molecule has 17 heavy (non-hydrogen) atoms. The molecule has 0 spiro atoms. The van der Waals surface area contributed by atoms with Crippen LogP contribution >= 0.6 is 11.3 Å². The Balaban J connectivity index is 1.89. The van der Waals surface area contributed by atoms with Crippen LogP contribution in [0.4, 0.5) is 5.13 Å². The van der Waals surface area contributed by atoms with Crippen LogP contribution in [0, 0.1) is 0 Å². The fraction of sp³-hybridized carbons (Fsp3) is 0.385. The van der Waals surface area contributed by atoms with Crippen molar-refractivity contribution >= 4 is 16.5 Å². The first-order valence-electron chi connectivity index (χ1n) is 5.74. The quantitative estimate of drug-likeness (QED) is 0.880. The Labute approximate surface area is 106 Å². The fourth-order valence-corrected chi connectivity index (χ4v) is 2.30. The van der Waals surface area contributed by atoms with Crippen LogP contribution in [-0.4, -0.2) is 15.7 Å². The minimum atomic E-state index is 0.0371. The highest BCUT2D eigenvalue weighted by atomic mass is 32.1. The molecular weight excluding hydrogens is 230 g/mol. The van der Waals surface area contributed by atoms with E-state index in [4.69, 9.17) is 0 Å². The van der Waals surface area contributed by atoms with Gasteiger partial charge < -0.3 is 5.32 Å². The van der Waals surface area contributed by atoms with E-state index in [1.807, 2.05) is 6.07 Å². The molecule has 4 heteroatoms. The molecule has 0 fully saturated rings. The Morgan fingerprint density at radius 2 is 2.00 bits per heavy atom. The Hall–Kier alpha value is -1.42. The van der Waals surface area contributed by atoms with Crippen molar-refractivity contribution in [2.45, 2.75) is 32.2 Å². The van der Waals surface area contributed by atoms with Gasteiger partial charge in [0.2, 0.25) is 5.13 Å². The van der Waals surface area contributed by atoms with Crippen molar-refractivity contribution in [2.24, 2.45) is 0 Å². The number of hydrogen-bond donors (Lipinski definition) is 1. The number of anilines is 1. The van der Waals surface area contributed by atoms with Crippen LogP contribution in [0.15, 0.2) is 35.8 Å². The van der Waals surface area contributed by atoms with Crippen molar-refractivity contribution in [1.29, 1.82) is 0 Å². The van der Waals surface area contributed by atoms with Crippen LogP contribution in [0.3, 0.4) is 0 Å². The predicted octanol–water partition coefficient (Wildman–Crippen LogP) is 3.36. The number of benzene rings is 1. The number of aromatic nitrogens is 2. The third kappa shape index (κ3) is 3.82. The third-order valence-electron chi connectivity index (χ3n) is 2.69. The molecular formula is C13H17N3S. The van der Waals surface area contributed by atoms with Crippen molar-refractivity contribution in [1.82, 2.24) is 10.2 Å². The smallest absolute Gasteiger partial charge is 0.205 e. The van der Waals surface area contributed by atoms with Gasteiger partial charge in [-0.2, -0.15) is 0 Å². The Morgan fingerprint density at radius 1 is 1.24 bits per heavy atom. The van der Waals surface area contributed by atoms with E-state index in [9.17, 15) is 0 Å². The SMILES string of the molecule is CC(C)(CCc1ccccc1)Nc1nncs1. The molecule has 2 aromatic rings. The summed E-state index contributed by atoms with van der Waals surface area (Å²) in [7, 11) is 0. The van der Waals surface area contributed by atoms with Crippen LogP contribution < -0.4 is 5.32 Å². The number of hydrogen-bond acceptors (Lipinski definition) is 4. The van der Waals surface area contributed by atoms with Gasteiger partial charge in [0, 0.05) is 5.54 Å². The summed E-state index contributed by atoms with van der Waals surface area (Å²) in [5.41, 5.74) is 3.16. The molecule has 90 valence electrons. The van der Waals surface area contributed by atoms with Gasteiger partial charge in [0.25, 0.3) is 0 Å². The van der Waals surface area contributed by atoms with E-state index in [-0.39, 0.29) is 5.54 Å². The highest BCUT2D eigenvalue weighted by Gasteiger charge is 2.18. The third-order valence-corrected chi connectivity index (χ3v) is 3.29. The summed E-state index contributed by atoms with van der Waals surface area (Å²) in [6.07, 6.45) is 2.14. The molecule has 3 nitrogen and oxygen atoms in total. The van der Waals surface area contributed by atoms with Gasteiger partial charge in [0.1, 0.15) is 5.51 Å². The minimum Gasteiger partial charge on any atom is -0.355 e. The average molecular weight is 247 g/mol. The van der Waals surface area contributed by atoms with Gasteiger partial charge in [0.05, 0.1) is 0 Å². The van der Waals surface area contributed by atoms with Crippen LogP contribution in [0.2, 0.25) is 0 Å². The van der Waals surface area contributed by atoms with Crippen molar-refractivity contribution in [2.75, 3.05) is 5.32 Å². The average Bonchev–Trinajstić information content (AvgIpc) is 2.80.